The van der Waals surface area contributed by atoms with E-state index >= 15 is 0 Å². The van der Waals surface area contributed by atoms with Gasteiger partial charge in [0.25, 0.3) is 0 Å². The van der Waals surface area contributed by atoms with Crippen LogP contribution in [-0.2, 0) is 6.42 Å². The Balaban J connectivity index is 2.32. The highest BCUT2D eigenvalue weighted by atomic mass is 35.5. The van der Waals surface area contributed by atoms with Crippen LogP contribution in [0.25, 0.3) is 0 Å². The predicted molar refractivity (Wildman–Crippen MR) is 79.2 cm³/mol. The van der Waals surface area contributed by atoms with Crippen molar-refractivity contribution in [3.63, 3.8) is 0 Å². The van der Waals surface area contributed by atoms with Crippen LogP contribution >= 0.6 is 11.6 Å². The molecule has 1 aromatic rings. The molecule has 0 saturated carbocycles. The van der Waals surface area contributed by atoms with E-state index < -0.39 is 5.60 Å². The van der Waals surface area contributed by atoms with Gasteiger partial charge < -0.3 is 5.11 Å². The molecule has 0 aromatic heterocycles. The Morgan fingerprint density at radius 3 is 2.28 bits per heavy atom. The molecule has 0 heterocycles. The zero-order valence-electron chi connectivity index (χ0n) is 11.6. The zero-order chi connectivity index (χ0) is 13.4. The smallest absolute Gasteiger partial charge is 0.0660 e. The lowest BCUT2D eigenvalue weighted by molar-refractivity contribution is 0.0485. The van der Waals surface area contributed by atoms with Gasteiger partial charge in [-0.3, -0.25) is 0 Å². The van der Waals surface area contributed by atoms with E-state index in [0.717, 1.165) is 23.4 Å². The van der Waals surface area contributed by atoms with Crippen LogP contribution in [0.5, 0.6) is 0 Å². The van der Waals surface area contributed by atoms with Gasteiger partial charge in [-0.1, -0.05) is 62.8 Å². The molecule has 2 heteroatoms. The van der Waals surface area contributed by atoms with Gasteiger partial charge in [-0.25, -0.2) is 0 Å². The largest absolute Gasteiger partial charge is 0.390 e. The normalized spacial score (nSPS) is 14.4. The maximum absolute atomic E-state index is 10.4. The monoisotopic (exact) mass is 268 g/mol. The molecule has 0 radical (unpaired) electrons. The van der Waals surface area contributed by atoms with Gasteiger partial charge in [-0.05, 0) is 31.0 Å². The highest BCUT2D eigenvalue weighted by Crippen LogP contribution is 2.21. The van der Waals surface area contributed by atoms with Crippen LogP contribution in [0.3, 0.4) is 0 Å². The lowest BCUT2D eigenvalue weighted by Gasteiger charge is -2.23. The molecular weight excluding hydrogens is 244 g/mol. The third-order valence-electron chi connectivity index (χ3n) is 3.32. The topological polar surface area (TPSA) is 20.2 Å². The molecule has 1 unspecified atom stereocenters. The summed E-state index contributed by atoms with van der Waals surface area (Å²) in [4.78, 5) is 0. The first-order valence-electron chi connectivity index (χ1n) is 7.00. The van der Waals surface area contributed by atoms with Crippen molar-refractivity contribution in [1.82, 2.24) is 0 Å². The van der Waals surface area contributed by atoms with E-state index in [0.29, 0.717) is 6.42 Å². The Morgan fingerprint density at radius 1 is 1.06 bits per heavy atom. The fraction of sp³-hybridized carbons (Fsp3) is 0.625. The van der Waals surface area contributed by atoms with Gasteiger partial charge in [0.2, 0.25) is 0 Å². The predicted octanol–water partition coefficient (Wildman–Crippen LogP) is 4.99. The Bertz CT molecular complexity index is 329. The highest BCUT2D eigenvalue weighted by Gasteiger charge is 2.20. The van der Waals surface area contributed by atoms with Gasteiger partial charge in [0.1, 0.15) is 0 Å². The summed E-state index contributed by atoms with van der Waals surface area (Å²) >= 11 is 5.85. The van der Waals surface area contributed by atoms with Crippen LogP contribution in [0.2, 0.25) is 5.02 Å². The first-order valence-corrected chi connectivity index (χ1v) is 7.38. The van der Waals surface area contributed by atoms with Crippen LogP contribution in [0.4, 0.5) is 0 Å². The Labute approximate surface area is 116 Å². The summed E-state index contributed by atoms with van der Waals surface area (Å²) in [6, 6.07) is 7.75. The number of rotatable bonds is 8. The molecule has 0 spiro atoms. The molecule has 1 N–H and O–H groups in total. The minimum absolute atomic E-state index is 0.597. The molecule has 0 aliphatic carbocycles. The first-order chi connectivity index (χ1) is 8.53. The van der Waals surface area contributed by atoms with Crippen molar-refractivity contribution in [1.29, 1.82) is 0 Å². The Kier molecular flexibility index (Phi) is 6.73. The second kappa shape index (κ2) is 7.81. The van der Waals surface area contributed by atoms with E-state index in [4.69, 9.17) is 11.6 Å². The van der Waals surface area contributed by atoms with E-state index in [1.165, 1.54) is 25.7 Å². The average Bonchev–Trinajstić information content (AvgIpc) is 2.31. The number of halogens is 1. The van der Waals surface area contributed by atoms with Crippen molar-refractivity contribution < 1.29 is 5.11 Å². The summed E-state index contributed by atoms with van der Waals surface area (Å²) in [6.45, 7) is 4.15. The number of hydrogen-bond donors (Lipinski definition) is 1. The van der Waals surface area contributed by atoms with E-state index in [-0.39, 0.29) is 0 Å². The number of aliphatic hydroxyl groups is 1. The highest BCUT2D eigenvalue weighted by molar-refractivity contribution is 6.30. The molecule has 0 bridgehead atoms. The Morgan fingerprint density at radius 2 is 1.67 bits per heavy atom. The molecule has 1 atom stereocenters. The van der Waals surface area contributed by atoms with Crippen LogP contribution in [0.1, 0.15) is 57.9 Å². The van der Waals surface area contributed by atoms with Crippen molar-refractivity contribution in [2.75, 3.05) is 0 Å². The van der Waals surface area contributed by atoms with E-state index in [1.807, 2.05) is 31.2 Å². The average molecular weight is 269 g/mol. The van der Waals surface area contributed by atoms with Crippen molar-refractivity contribution >= 4 is 11.6 Å². The van der Waals surface area contributed by atoms with Crippen molar-refractivity contribution in [2.45, 2.75) is 64.4 Å². The lowest BCUT2D eigenvalue weighted by atomic mass is 9.91. The summed E-state index contributed by atoms with van der Waals surface area (Å²) in [5, 5.41) is 11.1. The van der Waals surface area contributed by atoms with Gasteiger partial charge in [-0.2, -0.15) is 0 Å². The molecule has 0 aliphatic heterocycles. The zero-order valence-corrected chi connectivity index (χ0v) is 12.3. The quantitative estimate of drug-likeness (QED) is 0.658. The fourth-order valence-corrected chi connectivity index (χ4v) is 2.37. The molecule has 0 fully saturated rings. The molecular formula is C16H25ClO. The molecule has 0 aliphatic rings. The first kappa shape index (κ1) is 15.5. The summed E-state index contributed by atoms with van der Waals surface area (Å²) in [5.74, 6) is 0. The number of unbranched alkanes of at least 4 members (excludes halogenated alkanes) is 4. The second-order valence-corrected chi connectivity index (χ2v) is 5.90. The summed E-state index contributed by atoms with van der Waals surface area (Å²) in [5.41, 5.74) is 0.554. The second-order valence-electron chi connectivity index (χ2n) is 5.46. The van der Waals surface area contributed by atoms with E-state index in [9.17, 15) is 5.11 Å². The van der Waals surface area contributed by atoms with Gasteiger partial charge >= 0.3 is 0 Å². The number of hydrogen-bond acceptors (Lipinski definition) is 1. The maximum Gasteiger partial charge on any atom is 0.0660 e. The SMILES string of the molecule is CCCCCCCC(C)(O)Cc1ccc(Cl)cc1. The molecule has 0 saturated heterocycles. The molecule has 18 heavy (non-hydrogen) atoms. The van der Waals surface area contributed by atoms with E-state index in [2.05, 4.69) is 6.92 Å². The molecule has 1 nitrogen and oxygen atoms in total. The van der Waals surface area contributed by atoms with Gasteiger partial charge in [0.05, 0.1) is 5.60 Å². The third kappa shape index (κ3) is 6.42. The lowest BCUT2D eigenvalue weighted by Crippen LogP contribution is -2.26. The minimum atomic E-state index is -0.597. The van der Waals surface area contributed by atoms with Gasteiger partial charge in [0, 0.05) is 11.4 Å². The van der Waals surface area contributed by atoms with Crippen LogP contribution in [0, 0.1) is 0 Å². The summed E-state index contributed by atoms with van der Waals surface area (Å²) < 4.78 is 0. The molecule has 1 aromatic carbocycles. The Hall–Kier alpha value is -0.530. The van der Waals surface area contributed by atoms with Crippen molar-refractivity contribution in [3.05, 3.63) is 34.9 Å². The van der Waals surface area contributed by atoms with Crippen LogP contribution < -0.4 is 0 Å². The maximum atomic E-state index is 10.4. The minimum Gasteiger partial charge on any atom is -0.390 e. The molecule has 1 rings (SSSR count). The van der Waals surface area contributed by atoms with E-state index in [1.54, 1.807) is 0 Å². The molecule has 0 amide bonds. The molecule has 102 valence electrons. The third-order valence-corrected chi connectivity index (χ3v) is 3.57. The van der Waals surface area contributed by atoms with Crippen molar-refractivity contribution in [2.24, 2.45) is 0 Å². The van der Waals surface area contributed by atoms with Crippen LogP contribution in [-0.4, -0.2) is 10.7 Å². The number of benzene rings is 1. The fourth-order valence-electron chi connectivity index (χ4n) is 2.24. The summed E-state index contributed by atoms with van der Waals surface area (Å²) in [7, 11) is 0. The standard InChI is InChI=1S/C16H25ClO/c1-3-4-5-6-7-12-16(2,18)13-14-8-10-15(17)11-9-14/h8-11,18H,3-7,12-13H2,1-2H3. The van der Waals surface area contributed by atoms with Crippen LogP contribution in [0.15, 0.2) is 24.3 Å². The van der Waals surface area contributed by atoms with Gasteiger partial charge in [0.15, 0.2) is 0 Å². The van der Waals surface area contributed by atoms with Crippen molar-refractivity contribution in [3.8, 4) is 0 Å². The van der Waals surface area contributed by atoms with Gasteiger partial charge in [-0.15, -0.1) is 0 Å². The summed E-state index contributed by atoms with van der Waals surface area (Å²) in [6.07, 6.45) is 7.77.